The summed E-state index contributed by atoms with van der Waals surface area (Å²) in [6.07, 6.45) is 10.5. The number of hydrogen-bond acceptors (Lipinski definition) is 9. The van der Waals surface area contributed by atoms with E-state index in [1.54, 1.807) is 6.20 Å². The third-order valence-electron chi connectivity index (χ3n) is 7.81. The zero-order valence-corrected chi connectivity index (χ0v) is 24.3. The number of thiazole rings is 1. The van der Waals surface area contributed by atoms with Crippen molar-refractivity contribution >= 4 is 40.5 Å². The van der Waals surface area contributed by atoms with Gasteiger partial charge in [0, 0.05) is 55.4 Å². The Morgan fingerprint density at radius 1 is 1.20 bits per heavy atom. The van der Waals surface area contributed by atoms with Gasteiger partial charge in [-0.25, -0.2) is 15.0 Å². The molecule has 3 aromatic rings. The molecule has 0 unspecified atom stereocenters. The largest absolute Gasteiger partial charge is 0.382 e. The first-order valence-corrected chi connectivity index (χ1v) is 15.0. The summed E-state index contributed by atoms with van der Waals surface area (Å²) in [6.45, 7) is 8.15. The zero-order chi connectivity index (χ0) is 28.1. The predicted molar refractivity (Wildman–Crippen MR) is 160 cm³/mol. The molecule has 4 heterocycles. The first kappa shape index (κ1) is 28.3. The molecular weight excluding hydrogens is 544 g/mol. The van der Waals surface area contributed by atoms with Gasteiger partial charge in [0.05, 0.1) is 6.54 Å². The van der Waals surface area contributed by atoms with Crippen molar-refractivity contribution in [1.29, 1.82) is 0 Å². The second-order valence-electron chi connectivity index (χ2n) is 10.3. The predicted octanol–water partition coefficient (Wildman–Crippen LogP) is 3.65. The SMILES string of the molecule is C#Cc1ccc(CN2CCC(N3CCN(c4nc(N)c(C(=O)NCc5nccs5)nc4Cl)C[C@@H]3CC)CC2)cc1. The minimum Gasteiger partial charge on any atom is -0.382 e. The van der Waals surface area contributed by atoms with Crippen LogP contribution in [0.15, 0.2) is 35.8 Å². The molecule has 210 valence electrons. The van der Waals surface area contributed by atoms with Gasteiger partial charge in [-0.1, -0.05) is 36.6 Å². The number of carbonyl (C=O) groups excluding carboxylic acids is 1. The molecule has 5 rings (SSSR count). The van der Waals surface area contributed by atoms with Crippen molar-refractivity contribution in [1.82, 2.24) is 30.1 Å². The second kappa shape index (κ2) is 13.0. The van der Waals surface area contributed by atoms with Crippen LogP contribution in [-0.2, 0) is 13.1 Å². The van der Waals surface area contributed by atoms with Crippen LogP contribution in [-0.4, -0.2) is 75.5 Å². The van der Waals surface area contributed by atoms with E-state index >= 15 is 0 Å². The van der Waals surface area contributed by atoms with Crippen molar-refractivity contribution in [2.45, 2.75) is 51.4 Å². The Morgan fingerprint density at radius 3 is 2.65 bits per heavy atom. The highest BCUT2D eigenvalue weighted by atomic mass is 35.5. The lowest BCUT2D eigenvalue weighted by molar-refractivity contribution is 0.0610. The molecule has 1 aromatic carbocycles. The van der Waals surface area contributed by atoms with Crippen LogP contribution in [0, 0.1) is 12.3 Å². The van der Waals surface area contributed by atoms with E-state index in [0.717, 1.165) is 69.1 Å². The first-order valence-electron chi connectivity index (χ1n) is 13.7. The van der Waals surface area contributed by atoms with E-state index in [4.69, 9.17) is 23.8 Å². The molecule has 0 aliphatic carbocycles. The Balaban J connectivity index is 1.17. The van der Waals surface area contributed by atoms with Crippen molar-refractivity contribution in [2.24, 2.45) is 0 Å². The summed E-state index contributed by atoms with van der Waals surface area (Å²) in [5, 5.41) is 5.64. The number of benzene rings is 1. The number of likely N-dealkylation sites (tertiary alicyclic amines) is 1. The van der Waals surface area contributed by atoms with Crippen LogP contribution in [0.25, 0.3) is 0 Å². The van der Waals surface area contributed by atoms with Gasteiger partial charge >= 0.3 is 0 Å². The standard InChI is InChI=1S/C29H35ClN8OS/c1-3-20-5-7-21(8-6-20)18-36-12-9-23(10-13-36)38-15-14-37(19-22(38)4-2)28-26(30)34-25(27(31)35-28)29(39)33-17-24-32-11-16-40-24/h1,5-8,11,16,22-23H,4,9-10,12-15,17-19H2,2H3,(H2,31,35)(H,33,39)/t22-/m0/s1. The van der Waals surface area contributed by atoms with Gasteiger partial charge in [-0.2, -0.15) is 0 Å². The summed E-state index contributed by atoms with van der Waals surface area (Å²) < 4.78 is 0. The smallest absolute Gasteiger partial charge is 0.274 e. The van der Waals surface area contributed by atoms with Crippen LogP contribution in [0.2, 0.25) is 5.15 Å². The molecule has 40 heavy (non-hydrogen) atoms. The van der Waals surface area contributed by atoms with E-state index in [1.165, 1.54) is 16.9 Å². The fourth-order valence-electron chi connectivity index (χ4n) is 5.65. The Hall–Kier alpha value is -3.23. The molecule has 2 saturated heterocycles. The average molecular weight is 579 g/mol. The zero-order valence-electron chi connectivity index (χ0n) is 22.7. The highest BCUT2D eigenvalue weighted by molar-refractivity contribution is 7.09. The number of hydrogen-bond donors (Lipinski definition) is 2. The average Bonchev–Trinajstić information content (AvgIpc) is 3.51. The molecule has 0 saturated carbocycles. The van der Waals surface area contributed by atoms with E-state index in [1.807, 2.05) is 17.5 Å². The highest BCUT2D eigenvalue weighted by Crippen LogP contribution is 2.30. The third-order valence-corrected chi connectivity index (χ3v) is 8.85. The number of halogens is 1. The minimum atomic E-state index is -0.416. The summed E-state index contributed by atoms with van der Waals surface area (Å²) in [4.78, 5) is 33.1. The van der Waals surface area contributed by atoms with Crippen LogP contribution in [0.3, 0.4) is 0 Å². The maximum atomic E-state index is 12.7. The molecule has 1 amide bonds. The van der Waals surface area contributed by atoms with Crippen LogP contribution < -0.4 is 16.0 Å². The number of nitrogens with zero attached hydrogens (tertiary/aromatic N) is 6. The summed E-state index contributed by atoms with van der Waals surface area (Å²) >= 11 is 8.03. The topological polar surface area (TPSA) is 104 Å². The van der Waals surface area contributed by atoms with Gasteiger partial charge in [0.1, 0.15) is 5.01 Å². The van der Waals surface area contributed by atoms with E-state index in [2.05, 4.69) is 59.9 Å². The monoisotopic (exact) mass is 578 g/mol. The first-order chi connectivity index (χ1) is 19.4. The summed E-state index contributed by atoms with van der Waals surface area (Å²) in [7, 11) is 0. The molecule has 2 aliphatic heterocycles. The third kappa shape index (κ3) is 6.56. The maximum Gasteiger partial charge on any atom is 0.274 e. The maximum absolute atomic E-state index is 12.7. The fraction of sp³-hybridized carbons (Fsp3) is 0.448. The number of rotatable bonds is 8. The second-order valence-corrected chi connectivity index (χ2v) is 11.6. The van der Waals surface area contributed by atoms with Gasteiger partial charge in [-0.15, -0.1) is 17.8 Å². The summed E-state index contributed by atoms with van der Waals surface area (Å²) in [5.41, 5.74) is 8.45. The lowest BCUT2D eigenvalue weighted by atomic mass is 9.97. The van der Waals surface area contributed by atoms with E-state index < -0.39 is 5.91 Å². The molecule has 2 fully saturated rings. The molecule has 0 bridgehead atoms. The highest BCUT2D eigenvalue weighted by Gasteiger charge is 2.34. The number of carbonyl (C=O) groups is 1. The molecule has 1 atom stereocenters. The molecule has 0 spiro atoms. The number of nitrogens with one attached hydrogen (secondary N) is 1. The Labute approximate surface area is 244 Å². The quantitative estimate of drug-likeness (QED) is 0.391. The van der Waals surface area contributed by atoms with E-state index in [-0.39, 0.29) is 16.7 Å². The molecular formula is C29H35ClN8OS. The number of anilines is 2. The van der Waals surface area contributed by atoms with Crippen molar-refractivity contribution < 1.29 is 4.79 Å². The number of nitrogen functional groups attached to an aromatic ring is 1. The Morgan fingerprint density at radius 2 is 1.98 bits per heavy atom. The van der Waals surface area contributed by atoms with Crippen LogP contribution >= 0.6 is 22.9 Å². The van der Waals surface area contributed by atoms with Crippen molar-refractivity contribution in [3.63, 3.8) is 0 Å². The van der Waals surface area contributed by atoms with Crippen molar-refractivity contribution in [3.05, 3.63) is 62.8 Å². The minimum absolute atomic E-state index is 0.0368. The van der Waals surface area contributed by atoms with Crippen LogP contribution in [0.1, 0.15) is 52.8 Å². The lowest BCUT2D eigenvalue weighted by Crippen LogP contribution is -2.58. The fourth-order valence-corrected chi connectivity index (χ4v) is 6.45. The normalized spacial score (nSPS) is 18.9. The van der Waals surface area contributed by atoms with Crippen molar-refractivity contribution in [2.75, 3.05) is 43.4 Å². The van der Waals surface area contributed by atoms with Gasteiger partial charge in [-0.05, 0) is 50.0 Å². The molecule has 0 radical (unpaired) electrons. The Bertz CT molecular complexity index is 1340. The number of aromatic nitrogens is 3. The summed E-state index contributed by atoms with van der Waals surface area (Å²) in [5.74, 6) is 2.89. The lowest BCUT2D eigenvalue weighted by Gasteiger charge is -2.47. The molecule has 2 aliphatic rings. The molecule has 11 heteroatoms. The summed E-state index contributed by atoms with van der Waals surface area (Å²) in [6, 6.07) is 9.24. The van der Waals surface area contributed by atoms with Gasteiger partial charge in [0.2, 0.25) is 0 Å². The van der Waals surface area contributed by atoms with Gasteiger partial charge in [0.15, 0.2) is 22.5 Å². The van der Waals surface area contributed by atoms with Crippen molar-refractivity contribution in [3.8, 4) is 12.3 Å². The number of amides is 1. The van der Waals surface area contributed by atoms with Gasteiger partial charge < -0.3 is 16.0 Å². The number of piperazine rings is 1. The molecule has 3 N–H and O–H groups in total. The van der Waals surface area contributed by atoms with Gasteiger partial charge in [0.25, 0.3) is 5.91 Å². The number of piperidine rings is 1. The van der Waals surface area contributed by atoms with E-state index in [9.17, 15) is 4.79 Å². The number of terminal acetylenes is 1. The van der Waals surface area contributed by atoms with Crippen LogP contribution in [0.5, 0.6) is 0 Å². The van der Waals surface area contributed by atoms with E-state index in [0.29, 0.717) is 24.4 Å². The molecule has 2 aromatic heterocycles. The van der Waals surface area contributed by atoms with Gasteiger partial charge in [-0.3, -0.25) is 14.6 Å². The van der Waals surface area contributed by atoms with Crippen LogP contribution in [0.4, 0.5) is 11.6 Å². The number of nitrogens with two attached hydrogens (primary N) is 1. The molecule has 9 nitrogen and oxygen atoms in total. The Kier molecular flexibility index (Phi) is 9.17.